The van der Waals surface area contributed by atoms with Crippen molar-refractivity contribution in [3.05, 3.63) is 39.0 Å². The van der Waals surface area contributed by atoms with Crippen LogP contribution in [0.2, 0.25) is 5.02 Å². The summed E-state index contributed by atoms with van der Waals surface area (Å²) >= 11 is 9.54. The maximum absolute atomic E-state index is 9.44. The van der Waals surface area contributed by atoms with Crippen LogP contribution in [0.5, 0.6) is 0 Å². The highest BCUT2D eigenvalue weighted by Crippen LogP contribution is 2.32. The van der Waals surface area contributed by atoms with Crippen LogP contribution in [-0.4, -0.2) is 21.1 Å². The molecule has 1 saturated carbocycles. The third-order valence-electron chi connectivity index (χ3n) is 4.51. The van der Waals surface area contributed by atoms with Crippen LogP contribution in [0, 0.1) is 24.2 Å². The predicted molar refractivity (Wildman–Crippen MR) is 105 cm³/mol. The smallest absolute Gasteiger partial charge is 0.229 e. The fourth-order valence-electron chi connectivity index (χ4n) is 3.07. The van der Waals surface area contributed by atoms with Gasteiger partial charge in [-0.05, 0) is 59.8 Å². The van der Waals surface area contributed by atoms with E-state index in [1.54, 1.807) is 18.3 Å². The van der Waals surface area contributed by atoms with Crippen LogP contribution in [0.4, 0.5) is 17.5 Å². The molecule has 1 heterocycles. The molecule has 0 bridgehead atoms. The maximum Gasteiger partial charge on any atom is 0.229 e. The minimum Gasteiger partial charge on any atom is -0.392 e. The van der Waals surface area contributed by atoms with Crippen molar-refractivity contribution in [3.8, 4) is 6.07 Å². The molecule has 1 aromatic heterocycles. The van der Waals surface area contributed by atoms with Crippen molar-refractivity contribution in [1.82, 2.24) is 9.97 Å². The van der Waals surface area contributed by atoms with Gasteiger partial charge in [0.1, 0.15) is 5.82 Å². The second-order valence-electron chi connectivity index (χ2n) is 6.36. The van der Waals surface area contributed by atoms with Gasteiger partial charge in [-0.3, -0.25) is 0 Å². The normalized spacial score (nSPS) is 19.2. The number of hydrogen-bond acceptors (Lipinski definition) is 6. The summed E-state index contributed by atoms with van der Waals surface area (Å²) in [7, 11) is 0. The molecule has 2 aromatic rings. The summed E-state index contributed by atoms with van der Waals surface area (Å²) in [5.74, 6) is 1.16. The zero-order valence-electron chi connectivity index (χ0n) is 14.3. The third kappa shape index (κ3) is 4.09. The van der Waals surface area contributed by atoms with Crippen molar-refractivity contribution >= 4 is 45.0 Å². The summed E-state index contributed by atoms with van der Waals surface area (Å²) in [4.78, 5) is 8.86. The van der Waals surface area contributed by atoms with Crippen molar-refractivity contribution in [1.29, 1.82) is 5.26 Å². The number of nitrogens with one attached hydrogen (secondary N) is 2. The number of anilines is 3. The molecule has 3 N–H and O–H groups in total. The van der Waals surface area contributed by atoms with Crippen molar-refractivity contribution in [3.63, 3.8) is 0 Å². The van der Waals surface area contributed by atoms with Gasteiger partial charge in [0.2, 0.25) is 5.95 Å². The number of benzene rings is 1. The number of nitriles is 1. The van der Waals surface area contributed by atoms with Crippen LogP contribution in [0.3, 0.4) is 0 Å². The first kappa shape index (κ1) is 18.9. The monoisotopic (exact) mass is 435 g/mol. The summed E-state index contributed by atoms with van der Waals surface area (Å²) in [6, 6.07) is 6.01. The fourth-order valence-corrected chi connectivity index (χ4v) is 3.67. The molecular weight excluding hydrogens is 418 g/mol. The van der Waals surface area contributed by atoms with Crippen LogP contribution in [0.1, 0.15) is 30.4 Å². The summed E-state index contributed by atoms with van der Waals surface area (Å²) in [5.41, 5.74) is 2.28. The number of hydrogen-bond donors (Lipinski definition) is 3. The maximum atomic E-state index is 9.44. The van der Waals surface area contributed by atoms with Gasteiger partial charge in [-0.15, -0.1) is 0 Å². The highest BCUT2D eigenvalue weighted by atomic mass is 79.9. The van der Waals surface area contributed by atoms with E-state index in [4.69, 9.17) is 11.6 Å². The van der Waals surface area contributed by atoms with Gasteiger partial charge in [0.05, 0.1) is 23.6 Å². The third-order valence-corrected chi connectivity index (χ3v) is 5.97. The topological polar surface area (TPSA) is 93.9 Å². The molecule has 1 aromatic carbocycles. The molecule has 0 aliphatic heterocycles. The number of aryl methyl sites for hydroxylation is 1. The Morgan fingerprint density at radius 2 is 2.23 bits per heavy atom. The Morgan fingerprint density at radius 1 is 1.42 bits per heavy atom. The quantitative estimate of drug-likeness (QED) is 0.637. The Morgan fingerprint density at radius 3 is 2.96 bits per heavy atom. The molecule has 0 amide bonds. The van der Waals surface area contributed by atoms with Gasteiger partial charge in [-0.25, -0.2) is 4.98 Å². The van der Waals surface area contributed by atoms with Crippen molar-refractivity contribution in [2.45, 2.75) is 38.8 Å². The highest BCUT2D eigenvalue weighted by Gasteiger charge is 2.27. The van der Waals surface area contributed by atoms with E-state index in [2.05, 4.69) is 42.6 Å². The summed E-state index contributed by atoms with van der Waals surface area (Å²) in [6.07, 6.45) is 4.67. The standard InChI is InChI=1S/C18H19BrClN5O/c1-10-8-22-18(23-13-5-12(9-26)16(19)14(20)6-13)25-17(10)24-15-4-2-3-11(15)7-21/h5-6,8,11,15,26H,2-4,9H2,1H3,(H2,22,23,24,25)/t11-,15?/m1/s1. The van der Waals surface area contributed by atoms with Gasteiger partial charge < -0.3 is 15.7 Å². The van der Waals surface area contributed by atoms with Crippen LogP contribution in [0.15, 0.2) is 22.8 Å². The van der Waals surface area contributed by atoms with Crippen LogP contribution >= 0.6 is 27.5 Å². The molecular formula is C18H19BrClN5O. The van der Waals surface area contributed by atoms with Gasteiger partial charge in [0.15, 0.2) is 0 Å². The second-order valence-corrected chi connectivity index (χ2v) is 7.56. The van der Waals surface area contributed by atoms with Crippen LogP contribution in [0.25, 0.3) is 0 Å². The first-order valence-electron chi connectivity index (χ1n) is 8.37. The second kappa shape index (κ2) is 8.21. The van der Waals surface area contributed by atoms with E-state index < -0.39 is 0 Å². The largest absolute Gasteiger partial charge is 0.392 e. The number of aromatic nitrogens is 2. The molecule has 3 rings (SSSR count). The predicted octanol–water partition coefficient (Wildman–Crippen LogP) is 4.54. The molecule has 0 radical (unpaired) electrons. The Bertz CT molecular complexity index is 854. The minimum atomic E-state index is -0.130. The molecule has 0 spiro atoms. The molecule has 0 saturated heterocycles. The first-order valence-corrected chi connectivity index (χ1v) is 9.54. The van der Waals surface area contributed by atoms with E-state index in [0.29, 0.717) is 26.7 Å². The van der Waals surface area contributed by atoms with Gasteiger partial charge in [-0.1, -0.05) is 11.6 Å². The number of aliphatic hydroxyl groups is 1. The van der Waals surface area contributed by atoms with E-state index >= 15 is 0 Å². The SMILES string of the molecule is Cc1cnc(Nc2cc(Cl)c(Br)c(CO)c2)nc1NC1CCC[C@@H]1C#N. The van der Waals surface area contributed by atoms with E-state index in [9.17, 15) is 10.4 Å². The zero-order chi connectivity index (χ0) is 18.7. The lowest BCUT2D eigenvalue weighted by Crippen LogP contribution is -2.24. The zero-order valence-corrected chi connectivity index (χ0v) is 16.6. The van der Waals surface area contributed by atoms with Crippen molar-refractivity contribution in [2.75, 3.05) is 10.6 Å². The molecule has 26 heavy (non-hydrogen) atoms. The fraction of sp³-hybridized carbons (Fsp3) is 0.389. The Kier molecular flexibility index (Phi) is 5.97. The van der Waals surface area contributed by atoms with Gasteiger partial charge in [0.25, 0.3) is 0 Å². The van der Waals surface area contributed by atoms with E-state index in [1.165, 1.54) is 0 Å². The number of rotatable bonds is 5. The number of halogens is 2. The van der Waals surface area contributed by atoms with E-state index in [-0.39, 0.29) is 18.6 Å². The Balaban J connectivity index is 1.82. The molecule has 136 valence electrons. The lowest BCUT2D eigenvalue weighted by atomic mass is 10.1. The molecule has 2 atom stereocenters. The molecule has 1 aliphatic carbocycles. The number of nitrogens with zero attached hydrogens (tertiary/aromatic N) is 3. The average Bonchev–Trinajstić information content (AvgIpc) is 3.08. The molecule has 6 nitrogen and oxygen atoms in total. The van der Waals surface area contributed by atoms with E-state index in [1.807, 2.05) is 6.92 Å². The van der Waals surface area contributed by atoms with Gasteiger partial charge in [-0.2, -0.15) is 10.2 Å². The highest BCUT2D eigenvalue weighted by molar-refractivity contribution is 9.10. The van der Waals surface area contributed by atoms with Gasteiger partial charge in [0, 0.05) is 28.0 Å². The lowest BCUT2D eigenvalue weighted by Gasteiger charge is -2.18. The van der Waals surface area contributed by atoms with Gasteiger partial charge >= 0.3 is 0 Å². The summed E-state index contributed by atoms with van der Waals surface area (Å²) in [6.45, 7) is 1.80. The summed E-state index contributed by atoms with van der Waals surface area (Å²) < 4.78 is 0.670. The minimum absolute atomic E-state index is 0.0122. The average molecular weight is 437 g/mol. The molecule has 1 fully saturated rings. The lowest BCUT2D eigenvalue weighted by molar-refractivity contribution is 0.281. The van der Waals surface area contributed by atoms with Crippen molar-refractivity contribution in [2.24, 2.45) is 5.92 Å². The first-order chi connectivity index (χ1) is 12.5. The Labute approximate surface area is 165 Å². The molecule has 8 heteroatoms. The summed E-state index contributed by atoms with van der Waals surface area (Å²) in [5, 5.41) is 25.7. The Hall–Kier alpha value is -1.88. The molecule has 1 aliphatic rings. The van der Waals surface area contributed by atoms with Crippen molar-refractivity contribution < 1.29 is 5.11 Å². The van der Waals surface area contributed by atoms with E-state index in [0.717, 1.165) is 30.6 Å². The number of aliphatic hydroxyl groups excluding tert-OH is 1. The molecule has 1 unspecified atom stereocenters. The van der Waals surface area contributed by atoms with Crippen LogP contribution in [-0.2, 0) is 6.61 Å². The van der Waals surface area contributed by atoms with Crippen LogP contribution < -0.4 is 10.6 Å².